The monoisotopic (exact) mass is 402 g/mol. The van der Waals surface area contributed by atoms with Crippen LogP contribution < -0.4 is 14.9 Å². The summed E-state index contributed by atoms with van der Waals surface area (Å²) in [6.07, 6.45) is 1.67. The van der Waals surface area contributed by atoms with Crippen LogP contribution in [0.2, 0.25) is 0 Å². The highest BCUT2D eigenvalue weighted by atomic mass is 35.5. The maximum Gasteiger partial charge on any atom is 0.353 e. The molecule has 0 bridgehead atoms. The molecule has 1 aromatic heterocycles. The second-order valence-corrected chi connectivity index (χ2v) is 6.46. The topological polar surface area (TPSA) is 59.9 Å². The van der Waals surface area contributed by atoms with Gasteiger partial charge in [-0.05, 0) is 54.3 Å². The second kappa shape index (κ2) is 9.75. The number of hydrazone groups is 1. The Hall–Kier alpha value is -2.83. The molecule has 0 unspecified atom stereocenters. The summed E-state index contributed by atoms with van der Waals surface area (Å²) in [6, 6.07) is 16.7. The smallest absolute Gasteiger partial charge is 0.353 e. The van der Waals surface area contributed by atoms with Gasteiger partial charge in [0.2, 0.25) is 0 Å². The van der Waals surface area contributed by atoms with Crippen LogP contribution in [-0.4, -0.2) is 19.3 Å². The van der Waals surface area contributed by atoms with Gasteiger partial charge < -0.3 is 9.47 Å². The van der Waals surface area contributed by atoms with Crippen molar-refractivity contribution in [3.8, 4) is 11.5 Å². The van der Waals surface area contributed by atoms with E-state index in [2.05, 4.69) is 10.5 Å². The molecule has 1 N–H and O–H groups in total. The summed E-state index contributed by atoms with van der Waals surface area (Å²) in [5.74, 6) is 0.435. The molecule has 140 valence electrons. The number of nitrogens with zero attached hydrogens (tertiary/aromatic N) is 1. The lowest BCUT2D eigenvalue weighted by molar-refractivity contribution is 0.0735. The van der Waals surface area contributed by atoms with Crippen LogP contribution in [0.15, 0.2) is 65.1 Å². The van der Waals surface area contributed by atoms with E-state index in [4.69, 9.17) is 9.47 Å². The van der Waals surface area contributed by atoms with Gasteiger partial charge >= 0.3 is 5.97 Å². The van der Waals surface area contributed by atoms with Gasteiger partial charge in [-0.3, -0.25) is 5.43 Å². The third kappa shape index (κ3) is 5.57. The van der Waals surface area contributed by atoms with E-state index < -0.39 is 5.97 Å². The van der Waals surface area contributed by atoms with Gasteiger partial charge in [-0.25, -0.2) is 4.79 Å². The van der Waals surface area contributed by atoms with Crippen molar-refractivity contribution >= 4 is 41.6 Å². The van der Waals surface area contributed by atoms with Gasteiger partial charge in [0.25, 0.3) is 0 Å². The fourth-order valence-electron chi connectivity index (χ4n) is 2.20. The minimum atomic E-state index is -0.402. The van der Waals surface area contributed by atoms with Crippen molar-refractivity contribution in [1.82, 2.24) is 0 Å². The maximum atomic E-state index is 12.1. The second-order valence-electron chi connectivity index (χ2n) is 5.51. The minimum Gasteiger partial charge on any atom is -0.493 e. The Kier molecular flexibility index (Phi) is 7.40. The molecule has 0 aliphatic carbocycles. The Labute approximate surface area is 168 Å². The molecule has 0 saturated carbocycles. The van der Waals surface area contributed by atoms with Crippen LogP contribution in [-0.2, 0) is 0 Å². The van der Waals surface area contributed by atoms with Gasteiger partial charge in [-0.1, -0.05) is 23.8 Å². The third-order valence-electron chi connectivity index (χ3n) is 3.57. The van der Waals surface area contributed by atoms with Gasteiger partial charge in [0.1, 0.15) is 4.88 Å². The molecule has 0 spiro atoms. The zero-order chi connectivity index (χ0) is 18.4. The van der Waals surface area contributed by atoms with E-state index in [1.165, 1.54) is 24.0 Å². The zero-order valence-corrected chi connectivity index (χ0v) is 16.5. The quantitative estimate of drug-likeness (QED) is 0.268. The fraction of sp³-hybridized carbons (Fsp3) is 0.100. The predicted octanol–water partition coefficient (Wildman–Crippen LogP) is 5.15. The highest BCUT2D eigenvalue weighted by molar-refractivity contribution is 7.12. The Morgan fingerprint density at radius 2 is 1.89 bits per heavy atom. The number of carbonyl (C=O) groups is 1. The lowest BCUT2D eigenvalue weighted by atomic mass is 10.2. The van der Waals surface area contributed by atoms with Crippen LogP contribution in [0.4, 0.5) is 5.69 Å². The number of thiophene rings is 1. The molecule has 7 heteroatoms. The van der Waals surface area contributed by atoms with Crippen molar-refractivity contribution < 1.29 is 14.3 Å². The first-order chi connectivity index (χ1) is 12.7. The van der Waals surface area contributed by atoms with Crippen molar-refractivity contribution in [2.75, 3.05) is 12.5 Å². The molecule has 3 rings (SSSR count). The predicted molar refractivity (Wildman–Crippen MR) is 112 cm³/mol. The molecule has 0 saturated heterocycles. The Bertz CT molecular complexity index is 909. The SMILES string of the molecule is COc1cc(/C=N/Nc2ccc(C)cc2)ccc1OC(=O)c1cccs1.Cl. The number of hydrogen-bond acceptors (Lipinski definition) is 6. The number of rotatable bonds is 6. The van der Waals surface area contributed by atoms with E-state index >= 15 is 0 Å². The summed E-state index contributed by atoms with van der Waals surface area (Å²) in [4.78, 5) is 12.6. The van der Waals surface area contributed by atoms with Crippen LogP contribution in [0.3, 0.4) is 0 Å². The Morgan fingerprint density at radius 3 is 2.56 bits per heavy atom. The molecule has 27 heavy (non-hydrogen) atoms. The molecule has 0 amide bonds. The van der Waals surface area contributed by atoms with E-state index in [-0.39, 0.29) is 12.4 Å². The first-order valence-electron chi connectivity index (χ1n) is 7.95. The molecule has 0 radical (unpaired) electrons. The fourth-order valence-corrected chi connectivity index (χ4v) is 2.80. The van der Waals surface area contributed by atoms with Crippen LogP contribution in [0.1, 0.15) is 20.8 Å². The molecule has 0 fully saturated rings. The number of ether oxygens (including phenoxy) is 2. The van der Waals surface area contributed by atoms with Crippen molar-refractivity contribution in [2.24, 2.45) is 5.10 Å². The first kappa shape index (κ1) is 20.5. The largest absolute Gasteiger partial charge is 0.493 e. The average molecular weight is 403 g/mol. The number of nitrogens with one attached hydrogen (secondary N) is 1. The highest BCUT2D eigenvalue weighted by Crippen LogP contribution is 2.28. The number of aryl methyl sites for hydroxylation is 1. The number of benzene rings is 2. The Morgan fingerprint density at radius 1 is 1.11 bits per heavy atom. The summed E-state index contributed by atoms with van der Waals surface area (Å²) < 4.78 is 10.7. The average Bonchev–Trinajstić information content (AvgIpc) is 3.19. The molecule has 3 aromatic rings. The van der Waals surface area contributed by atoms with Crippen LogP contribution in [0, 0.1) is 6.92 Å². The summed E-state index contributed by atoms with van der Waals surface area (Å²) in [5.41, 5.74) is 5.88. The van der Waals surface area contributed by atoms with Crippen molar-refractivity contribution in [1.29, 1.82) is 0 Å². The number of anilines is 1. The maximum absolute atomic E-state index is 12.1. The minimum absolute atomic E-state index is 0. The molecular weight excluding hydrogens is 384 g/mol. The van der Waals surface area contributed by atoms with Gasteiger partial charge in [0.05, 0.1) is 19.0 Å². The summed E-state index contributed by atoms with van der Waals surface area (Å²) >= 11 is 1.33. The number of carbonyl (C=O) groups excluding carboxylic acids is 1. The van der Waals surface area contributed by atoms with Gasteiger partial charge in [-0.2, -0.15) is 5.10 Å². The Balaban J connectivity index is 0.00000261. The molecule has 0 aliphatic rings. The first-order valence-corrected chi connectivity index (χ1v) is 8.83. The van der Waals surface area contributed by atoms with Gasteiger partial charge in [0.15, 0.2) is 11.5 Å². The molecular formula is C20H19ClN2O3S. The van der Waals surface area contributed by atoms with E-state index in [9.17, 15) is 4.79 Å². The number of halogens is 1. The third-order valence-corrected chi connectivity index (χ3v) is 4.42. The molecule has 2 aromatic carbocycles. The van der Waals surface area contributed by atoms with Crippen molar-refractivity contribution in [3.05, 3.63) is 76.0 Å². The summed E-state index contributed by atoms with van der Waals surface area (Å²) in [5, 5.41) is 6.04. The zero-order valence-electron chi connectivity index (χ0n) is 14.8. The molecule has 5 nitrogen and oxygen atoms in total. The number of hydrogen-bond donors (Lipinski definition) is 1. The molecule has 0 atom stereocenters. The highest BCUT2D eigenvalue weighted by Gasteiger charge is 2.13. The van der Waals surface area contributed by atoms with E-state index in [0.717, 1.165) is 11.3 Å². The number of methoxy groups -OCH3 is 1. The van der Waals surface area contributed by atoms with E-state index in [1.54, 1.807) is 36.5 Å². The lowest BCUT2D eigenvalue weighted by Crippen LogP contribution is -2.07. The van der Waals surface area contributed by atoms with Crippen LogP contribution in [0.5, 0.6) is 11.5 Å². The summed E-state index contributed by atoms with van der Waals surface area (Å²) in [7, 11) is 1.53. The van der Waals surface area contributed by atoms with Gasteiger partial charge in [-0.15, -0.1) is 23.7 Å². The molecule has 0 aliphatic heterocycles. The summed E-state index contributed by atoms with van der Waals surface area (Å²) in [6.45, 7) is 2.03. The normalized spacial score (nSPS) is 10.3. The van der Waals surface area contributed by atoms with Gasteiger partial charge in [0, 0.05) is 0 Å². The van der Waals surface area contributed by atoms with Crippen LogP contribution in [0.25, 0.3) is 0 Å². The van der Waals surface area contributed by atoms with Crippen LogP contribution >= 0.6 is 23.7 Å². The molecule has 1 heterocycles. The van der Waals surface area contributed by atoms with E-state index in [0.29, 0.717) is 16.4 Å². The van der Waals surface area contributed by atoms with Crippen molar-refractivity contribution in [3.63, 3.8) is 0 Å². The van der Waals surface area contributed by atoms with E-state index in [1.807, 2.05) is 36.6 Å². The lowest BCUT2D eigenvalue weighted by Gasteiger charge is -2.09. The van der Waals surface area contributed by atoms with Crippen molar-refractivity contribution in [2.45, 2.75) is 6.92 Å². The number of esters is 1. The standard InChI is InChI=1S/C20H18N2O3S.ClH/c1-14-5-8-16(9-6-14)22-21-13-15-7-10-17(18(12-15)24-2)25-20(23)19-4-3-11-26-19;/h3-13,22H,1-2H3;1H/b21-13+;.